The van der Waals surface area contributed by atoms with Crippen molar-refractivity contribution in [2.75, 3.05) is 36.2 Å². The van der Waals surface area contributed by atoms with Gasteiger partial charge in [-0.15, -0.1) is 0 Å². The number of benzene rings is 1. The van der Waals surface area contributed by atoms with E-state index in [0.29, 0.717) is 66.9 Å². The van der Waals surface area contributed by atoms with E-state index in [1.807, 2.05) is 37.7 Å². The van der Waals surface area contributed by atoms with Crippen LogP contribution >= 0.6 is 45.9 Å². The molecule has 174 valence electrons. The number of anilines is 2. The lowest BCUT2D eigenvalue weighted by Gasteiger charge is -2.30. The fourth-order valence-corrected chi connectivity index (χ4v) is 6.56. The first-order valence-electron chi connectivity index (χ1n) is 10.4. The van der Waals surface area contributed by atoms with Crippen molar-refractivity contribution in [3.05, 3.63) is 10.0 Å². The quantitative estimate of drug-likeness (QED) is 0.371. The number of thiazole rings is 2. The number of fused-ring (bicyclic) bond motifs is 2. The van der Waals surface area contributed by atoms with E-state index >= 15 is 0 Å². The molecular weight excluding hydrogens is 491 g/mol. The average molecular weight is 518 g/mol. The van der Waals surface area contributed by atoms with Gasteiger partial charge in [-0.2, -0.15) is 0 Å². The highest BCUT2D eigenvalue weighted by atomic mass is 35.5. The Labute approximate surface area is 205 Å². The van der Waals surface area contributed by atoms with Crippen molar-refractivity contribution in [1.82, 2.24) is 20.0 Å². The Hall–Kier alpha value is -1.56. The minimum atomic E-state index is -0.140. The van der Waals surface area contributed by atoms with Crippen molar-refractivity contribution in [1.29, 1.82) is 0 Å². The number of carbonyl (C=O) groups excluding carboxylic acids is 2. The molecule has 32 heavy (non-hydrogen) atoms. The molecule has 8 nitrogen and oxygen atoms in total. The van der Waals surface area contributed by atoms with Crippen LogP contribution in [0.3, 0.4) is 0 Å². The minimum absolute atomic E-state index is 0.140. The standard InChI is InChI=1S/C20H26Cl2N6O2S2/c1-7-25(8-2)27(11(5)29)19-23-15-13(21)16-18(14(22)17(15)31-19)32-20(24-16)28(12(6)30)26(9-3)10-4/h7-10H2,1-6H3. The van der Waals surface area contributed by atoms with Crippen LogP contribution in [0.5, 0.6) is 0 Å². The molecule has 2 heterocycles. The number of hydrogen-bond donors (Lipinski definition) is 0. The van der Waals surface area contributed by atoms with Crippen LogP contribution in [0.15, 0.2) is 0 Å². The summed E-state index contributed by atoms with van der Waals surface area (Å²) in [6, 6.07) is 0. The molecule has 0 aliphatic rings. The number of amides is 2. The molecule has 3 aromatic rings. The Morgan fingerprint density at radius 3 is 1.34 bits per heavy atom. The van der Waals surface area contributed by atoms with E-state index in [-0.39, 0.29) is 11.8 Å². The van der Waals surface area contributed by atoms with Gasteiger partial charge in [0.1, 0.15) is 11.0 Å². The predicted molar refractivity (Wildman–Crippen MR) is 135 cm³/mol. The zero-order valence-corrected chi connectivity index (χ0v) is 22.0. The molecule has 0 atom stereocenters. The fraction of sp³-hybridized carbons (Fsp3) is 0.500. The molecule has 0 aliphatic heterocycles. The summed E-state index contributed by atoms with van der Waals surface area (Å²) in [5.41, 5.74) is 0.994. The topological polar surface area (TPSA) is 72.9 Å². The third-order valence-electron chi connectivity index (χ3n) is 5.03. The lowest BCUT2D eigenvalue weighted by Crippen LogP contribution is -2.45. The van der Waals surface area contributed by atoms with Gasteiger partial charge in [0.05, 0.1) is 19.4 Å². The smallest absolute Gasteiger partial charge is 0.240 e. The van der Waals surface area contributed by atoms with E-state index < -0.39 is 0 Å². The Kier molecular flexibility index (Phi) is 7.95. The van der Waals surface area contributed by atoms with Crippen LogP contribution < -0.4 is 10.0 Å². The van der Waals surface area contributed by atoms with Crippen LogP contribution in [0.1, 0.15) is 41.5 Å². The summed E-state index contributed by atoms with van der Waals surface area (Å²) in [7, 11) is 0. The van der Waals surface area contributed by atoms with Gasteiger partial charge in [0.2, 0.25) is 22.1 Å². The molecule has 0 spiro atoms. The third kappa shape index (κ3) is 4.32. The van der Waals surface area contributed by atoms with Crippen LogP contribution in [0.25, 0.3) is 20.4 Å². The van der Waals surface area contributed by atoms with Gasteiger partial charge >= 0.3 is 0 Å². The van der Waals surface area contributed by atoms with Crippen LogP contribution in [0.4, 0.5) is 10.3 Å². The van der Waals surface area contributed by atoms with E-state index in [0.717, 1.165) is 0 Å². The first kappa shape index (κ1) is 25.1. The van der Waals surface area contributed by atoms with Crippen molar-refractivity contribution in [2.45, 2.75) is 41.5 Å². The molecule has 0 saturated carbocycles. The third-order valence-corrected chi connectivity index (χ3v) is 8.09. The molecule has 0 radical (unpaired) electrons. The van der Waals surface area contributed by atoms with Crippen molar-refractivity contribution >= 4 is 88.4 Å². The predicted octanol–water partition coefficient (Wildman–Crippen LogP) is 5.43. The molecule has 0 unspecified atom stereocenters. The SMILES string of the molecule is CCN(CC)N(C(C)=O)c1nc2c(Cl)c3nc(N(C(C)=O)N(CC)CC)sc3c(Cl)c2s1. The normalized spacial score (nSPS) is 11.8. The molecule has 0 N–H and O–H groups in total. The highest BCUT2D eigenvalue weighted by Gasteiger charge is 2.28. The molecule has 0 fully saturated rings. The van der Waals surface area contributed by atoms with Gasteiger partial charge in [-0.3, -0.25) is 9.59 Å². The van der Waals surface area contributed by atoms with Gasteiger partial charge in [-0.05, 0) is 0 Å². The lowest BCUT2D eigenvalue weighted by molar-refractivity contribution is -0.120. The summed E-state index contributed by atoms with van der Waals surface area (Å²) in [6.07, 6.45) is 0. The van der Waals surface area contributed by atoms with Gasteiger partial charge < -0.3 is 0 Å². The second-order valence-electron chi connectivity index (χ2n) is 6.92. The van der Waals surface area contributed by atoms with Crippen LogP contribution in [0, 0.1) is 0 Å². The van der Waals surface area contributed by atoms with Gasteiger partial charge in [-0.1, -0.05) is 73.6 Å². The maximum atomic E-state index is 12.4. The van der Waals surface area contributed by atoms with Crippen LogP contribution in [-0.4, -0.2) is 58.0 Å². The molecule has 12 heteroatoms. The summed E-state index contributed by atoms with van der Waals surface area (Å²) in [6.45, 7) is 13.5. The maximum absolute atomic E-state index is 12.4. The lowest BCUT2D eigenvalue weighted by atomic mass is 10.3. The molecule has 0 aliphatic carbocycles. The largest absolute Gasteiger partial charge is 0.273 e. The van der Waals surface area contributed by atoms with Crippen molar-refractivity contribution in [3.63, 3.8) is 0 Å². The van der Waals surface area contributed by atoms with Gasteiger partial charge in [0, 0.05) is 40.0 Å². The molecule has 0 saturated heterocycles. The molecule has 2 aromatic heterocycles. The van der Waals surface area contributed by atoms with Crippen molar-refractivity contribution in [2.24, 2.45) is 0 Å². The Balaban J connectivity index is 2.21. The summed E-state index contributed by atoms with van der Waals surface area (Å²) in [5, 5.41) is 8.75. The van der Waals surface area contributed by atoms with Crippen LogP contribution in [-0.2, 0) is 9.59 Å². The molecular formula is C20H26Cl2N6O2S2. The molecule has 1 aromatic carbocycles. The highest BCUT2D eigenvalue weighted by molar-refractivity contribution is 7.26. The van der Waals surface area contributed by atoms with Gasteiger partial charge in [0.15, 0.2) is 0 Å². The molecule has 2 amide bonds. The Morgan fingerprint density at radius 1 is 0.719 bits per heavy atom. The minimum Gasteiger partial charge on any atom is -0.273 e. The highest BCUT2D eigenvalue weighted by Crippen LogP contribution is 2.47. The molecule has 0 bridgehead atoms. The second-order valence-corrected chi connectivity index (χ2v) is 9.63. The Bertz CT molecular complexity index is 1010. The first-order valence-corrected chi connectivity index (χ1v) is 12.8. The maximum Gasteiger partial charge on any atom is 0.240 e. The van der Waals surface area contributed by atoms with E-state index in [1.54, 1.807) is 10.0 Å². The number of hydrazine groups is 2. The fourth-order valence-electron chi connectivity index (χ4n) is 3.53. The van der Waals surface area contributed by atoms with Crippen LogP contribution in [0.2, 0.25) is 10.0 Å². The average Bonchev–Trinajstić information content (AvgIpc) is 3.38. The van der Waals surface area contributed by atoms with Crippen molar-refractivity contribution < 1.29 is 9.59 Å². The van der Waals surface area contributed by atoms with E-state index in [9.17, 15) is 9.59 Å². The zero-order valence-electron chi connectivity index (χ0n) is 18.9. The number of rotatable bonds is 8. The van der Waals surface area contributed by atoms with Gasteiger partial charge in [-0.25, -0.2) is 30.0 Å². The number of aromatic nitrogens is 2. The Morgan fingerprint density at radius 2 is 1.06 bits per heavy atom. The van der Waals surface area contributed by atoms with Gasteiger partial charge in [0.25, 0.3) is 0 Å². The zero-order chi connectivity index (χ0) is 23.7. The number of halogens is 2. The second kappa shape index (κ2) is 10.1. The summed E-state index contributed by atoms with van der Waals surface area (Å²) in [4.78, 5) is 34.1. The number of carbonyl (C=O) groups is 2. The first-order chi connectivity index (χ1) is 15.2. The monoisotopic (exact) mass is 516 g/mol. The van der Waals surface area contributed by atoms with Crippen molar-refractivity contribution in [3.8, 4) is 0 Å². The van der Waals surface area contributed by atoms with E-state index in [1.165, 1.54) is 36.5 Å². The summed E-state index contributed by atoms with van der Waals surface area (Å²) >= 11 is 16.1. The van der Waals surface area contributed by atoms with E-state index in [2.05, 4.69) is 9.97 Å². The number of hydrogen-bond acceptors (Lipinski definition) is 8. The van der Waals surface area contributed by atoms with E-state index in [4.69, 9.17) is 23.2 Å². The summed E-state index contributed by atoms with van der Waals surface area (Å²) < 4.78 is 1.37. The summed E-state index contributed by atoms with van der Waals surface area (Å²) in [5.74, 6) is -0.280. The molecule has 3 rings (SSSR count). The number of nitrogens with zero attached hydrogens (tertiary/aromatic N) is 6.